The van der Waals surface area contributed by atoms with E-state index in [-0.39, 0.29) is 11.7 Å². The Bertz CT molecular complexity index is 1010. The Morgan fingerprint density at radius 2 is 2.10 bits per heavy atom. The number of nitrogens with zero attached hydrogens (tertiary/aromatic N) is 3. The van der Waals surface area contributed by atoms with E-state index in [0.29, 0.717) is 11.9 Å². The lowest BCUT2D eigenvalue weighted by molar-refractivity contribution is 0.151. The Kier molecular flexibility index (Phi) is 5.36. The Hall–Kier alpha value is -2.74. The van der Waals surface area contributed by atoms with Crippen LogP contribution in [0.25, 0.3) is 10.9 Å². The first-order valence-corrected chi connectivity index (χ1v) is 10.5. The Balaban J connectivity index is 1.49. The number of thiazole rings is 1. The Morgan fingerprint density at radius 3 is 2.79 bits per heavy atom. The molecule has 8 heteroatoms. The molecule has 29 heavy (non-hydrogen) atoms. The number of carboxylic acid groups (broad SMARTS) is 1. The number of anilines is 1. The molecule has 0 aliphatic carbocycles. The fourth-order valence-corrected chi connectivity index (χ4v) is 4.99. The van der Waals surface area contributed by atoms with Crippen molar-refractivity contribution in [3.8, 4) is 0 Å². The molecule has 0 radical (unpaired) electrons. The highest BCUT2D eigenvalue weighted by Gasteiger charge is 2.38. The molecule has 2 aromatic heterocycles. The minimum absolute atomic E-state index is 0.204. The van der Waals surface area contributed by atoms with Gasteiger partial charge in [0.15, 0.2) is 0 Å². The number of piperidine rings is 1. The van der Waals surface area contributed by atoms with Gasteiger partial charge in [-0.2, -0.15) is 0 Å². The predicted octanol–water partition coefficient (Wildman–Crippen LogP) is 4.32. The first kappa shape index (κ1) is 19.6. The van der Waals surface area contributed by atoms with Gasteiger partial charge in [-0.25, -0.2) is 14.2 Å². The van der Waals surface area contributed by atoms with Crippen LogP contribution in [0, 0.1) is 11.7 Å². The van der Waals surface area contributed by atoms with E-state index in [9.17, 15) is 14.3 Å². The van der Waals surface area contributed by atoms with Crippen LogP contribution in [0.3, 0.4) is 0 Å². The van der Waals surface area contributed by atoms with Crippen LogP contribution in [-0.4, -0.2) is 39.8 Å². The molecule has 0 spiro atoms. The van der Waals surface area contributed by atoms with Crippen LogP contribution in [0.4, 0.5) is 15.0 Å². The molecule has 0 bridgehead atoms. The van der Waals surface area contributed by atoms with Gasteiger partial charge < -0.3 is 15.3 Å². The van der Waals surface area contributed by atoms with Crippen molar-refractivity contribution < 1.29 is 14.3 Å². The van der Waals surface area contributed by atoms with E-state index in [1.54, 1.807) is 29.1 Å². The van der Waals surface area contributed by atoms with Crippen LogP contribution in [0.1, 0.15) is 24.6 Å². The number of rotatable bonds is 5. The first-order valence-electron chi connectivity index (χ1n) is 9.63. The molecule has 152 valence electrons. The summed E-state index contributed by atoms with van der Waals surface area (Å²) in [6.07, 6.45) is 3.12. The molecule has 1 unspecified atom stereocenters. The topological polar surface area (TPSA) is 78.3 Å². The highest BCUT2D eigenvalue weighted by Crippen LogP contribution is 2.33. The summed E-state index contributed by atoms with van der Waals surface area (Å²) in [5, 5.41) is 13.1. The maximum Gasteiger partial charge on any atom is 0.405 e. The second-order valence-electron chi connectivity index (χ2n) is 7.76. The van der Waals surface area contributed by atoms with Gasteiger partial charge in [-0.1, -0.05) is 0 Å². The predicted molar refractivity (Wildman–Crippen MR) is 112 cm³/mol. The van der Waals surface area contributed by atoms with Gasteiger partial charge in [0, 0.05) is 47.6 Å². The fraction of sp³-hybridized carbons (Fsp3) is 0.381. The SMILES string of the molecule is CC(Cc1cncs1)(NC(=O)O)C1CCN(c2ccc3ccc(F)cc3n2)CC1. The van der Waals surface area contributed by atoms with Crippen LogP contribution in [0.5, 0.6) is 0 Å². The third kappa shape index (κ3) is 4.32. The summed E-state index contributed by atoms with van der Waals surface area (Å²) in [5.41, 5.74) is 1.87. The fourth-order valence-electron chi connectivity index (χ4n) is 4.23. The van der Waals surface area contributed by atoms with Crippen molar-refractivity contribution >= 4 is 34.2 Å². The third-order valence-electron chi connectivity index (χ3n) is 5.78. The first-order chi connectivity index (χ1) is 13.9. The largest absolute Gasteiger partial charge is 0.465 e. The number of carbonyl (C=O) groups is 1. The van der Waals surface area contributed by atoms with Crippen molar-refractivity contribution in [3.63, 3.8) is 0 Å². The quantitative estimate of drug-likeness (QED) is 0.650. The van der Waals surface area contributed by atoms with E-state index < -0.39 is 11.6 Å². The van der Waals surface area contributed by atoms with Crippen molar-refractivity contribution in [2.75, 3.05) is 18.0 Å². The van der Waals surface area contributed by atoms with Gasteiger partial charge in [0.1, 0.15) is 11.6 Å². The molecule has 1 atom stereocenters. The second kappa shape index (κ2) is 7.94. The molecular formula is C21H23FN4O2S. The van der Waals surface area contributed by atoms with Crippen LogP contribution in [0.15, 0.2) is 42.0 Å². The highest BCUT2D eigenvalue weighted by atomic mass is 32.1. The van der Waals surface area contributed by atoms with Crippen LogP contribution in [-0.2, 0) is 6.42 Å². The summed E-state index contributed by atoms with van der Waals surface area (Å²) in [4.78, 5) is 23.4. The maximum absolute atomic E-state index is 13.5. The minimum atomic E-state index is -1.00. The average molecular weight is 415 g/mol. The smallest absolute Gasteiger partial charge is 0.405 e. The van der Waals surface area contributed by atoms with Crippen LogP contribution in [0.2, 0.25) is 0 Å². The molecule has 1 fully saturated rings. The van der Waals surface area contributed by atoms with E-state index in [0.717, 1.165) is 42.0 Å². The number of aromatic nitrogens is 2. The summed E-state index contributed by atoms with van der Waals surface area (Å²) in [5.74, 6) is 0.742. The number of hydrogen-bond donors (Lipinski definition) is 2. The molecule has 0 saturated carbocycles. The van der Waals surface area contributed by atoms with E-state index in [1.807, 2.05) is 19.1 Å². The molecule has 3 aromatic rings. The zero-order valence-electron chi connectivity index (χ0n) is 16.1. The molecule has 1 amide bonds. The van der Waals surface area contributed by atoms with Gasteiger partial charge in [0.2, 0.25) is 0 Å². The highest BCUT2D eigenvalue weighted by molar-refractivity contribution is 7.09. The van der Waals surface area contributed by atoms with Gasteiger partial charge >= 0.3 is 6.09 Å². The zero-order valence-corrected chi connectivity index (χ0v) is 17.0. The summed E-state index contributed by atoms with van der Waals surface area (Å²) in [6, 6.07) is 8.55. The lowest BCUT2D eigenvalue weighted by Crippen LogP contribution is -2.55. The number of fused-ring (bicyclic) bond motifs is 1. The van der Waals surface area contributed by atoms with Crippen molar-refractivity contribution in [1.29, 1.82) is 0 Å². The van der Waals surface area contributed by atoms with Gasteiger partial charge in [-0.3, -0.25) is 4.98 Å². The minimum Gasteiger partial charge on any atom is -0.465 e. The number of halogens is 1. The maximum atomic E-state index is 13.5. The molecule has 2 N–H and O–H groups in total. The molecule has 6 nitrogen and oxygen atoms in total. The molecule has 1 saturated heterocycles. The van der Waals surface area contributed by atoms with Crippen LogP contribution >= 0.6 is 11.3 Å². The van der Waals surface area contributed by atoms with Crippen molar-refractivity contribution in [2.45, 2.75) is 31.7 Å². The lowest BCUT2D eigenvalue weighted by Gasteiger charge is -2.43. The second-order valence-corrected chi connectivity index (χ2v) is 8.73. The van der Waals surface area contributed by atoms with E-state index in [4.69, 9.17) is 0 Å². The van der Waals surface area contributed by atoms with E-state index >= 15 is 0 Å². The molecule has 3 heterocycles. The number of nitrogens with one attached hydrogen (secondary N) is 1. The van der Waals surface area contributed by atoms with Gasteiger partial charge in [-0.05, 0) is 49.9 Å². The van der Waals surface area contributed by atoms with Crippen molar-refractivity contribution in [1.82, 2.24) is 15.3 Å². The van der Waals surface area contributed by atoms with E-state index in [2.05, 4.69) is 20.2 Å². The molecule has 1 aliphatic rings. The van der Waals surface area contributed by atoms with Crippen molar-refractivity contribution in [2.24, 2.45) is 5.92 Å². The molecular weight excluding hydrogens is 391 g/mol. The number of benzene rings is 1. The van der Waals surface area contributed by atoms with Crippen LogP contribution < -0.4 is 10.2 Å². The summed E-state index contributed by atoms with van der Waals surface area (Å²) in [6.45, 7) is 3.54. The molecule has 1 aromatic carbocycles. The monoisotopic (exact) mass is 414 g/mol. The normalized spacial score (nSPS) is 17.2. The summed E-state index contributed by atoms with van der Waals surface area (Å²) < 4.78 is 13.5. The number of hydrogen-bond acceptors (Lipinski definition) is 5. The molecule has 1 aliphatic heterocycles. The number of pyridine rings is 1. The van der Waals surface area contributed by atoms with Gasteiger partial charge in [-0.15, -0.1) is 11.3 Å². The van der Waals surface area contributed by atoms with Crippen molar-refractivity contribution in [3.05, 3.63) is 52.7 Å². The lowest BCUT2D eigenvalue weighted by atomic mass is 9.76. The van der Waals surface area contributed by atoms with Gasteiger partial charge in [0.05, 0.1) is 11.0 Å². The third-order valence-corrected chi connectivity index (χ3v) is 6.56. The Morgan fingerprint density at radius 1 is 1.34 bits per heavy atom. The average Bonchev–Trinajstić information content (AvgIpc) is 3.19. The Labute approximate surface area is 172 Å². The number of amides is 1. The zero-order chi connectivity index (χ0) is 20.4. The van der Waals surface area contributed by atoms with Gasteiger partial charge in [0.25, 0.3) is 0 Å². The standard InChI is InChI=1S/C21H23FN4O2S/c1-21(25-20(27)28,11-17-12-23-13-29-17)15-6-8-26(9-7-15)19-5-3-14-2-4-16(22)10-18(14)24-19/h2-5,10,12-13,15,25H,6-9,11H2,1H3,(H,27,28). The summed E-state index contributed by atoms with van der Waals surface area (Å²) in [7, 11) is 0. The molecule has 4 rings (SSSR count). The van der Waals surface area contributed by atoms with E-state index in [1.165, 1.54) is 12.1 Å². The summed E-state index contributed by atoms with van der Waals surface area (Å²) >= 11 is 1.55.